The van der Waals surface area contributed by atoms with Crippen LogP contribution in [0.2, 0.25) is 0 Å². The van der Waals surface area contributed by atoms with Gasteiger partial charge in [0.25, 0.3) is 0 Å². The lowest BCUT2D eigenvalue weighted by atomic mass is 10.1. The molecule has 116 valence electrons. The van der Waals surface area contributed by atoms with Crippen molar-refractivity contribution in [3.8, 4) is 0 Å². The van der Waals surface area contributed by atoms with E-state index >= 15 is 0 Å². The van der Waals surface area contributed by atoms with Crippen molar-refractivity contribution < 1.29 is 9.53 Å². The highest BCUT2D eigenvalue weighted by molar-refractivity contribution is 5.73. The second-order valence-electron chi connectivity index (χ2n) is 5.36. The molecule has 1 aliphatic heterocycles. The molecule has 0 aromatic carbocycles. The summed E-state index contributed by atoms with van der Waals surface area (Å²) in [7, 11) is 1.83. The summed E-state index contributed by atoms with van der Waals surface area (Å²) in [5.41, 5.74) is 1.00. The monoisotopic (exact) mass is 292 g/mol. The maximum Gasteiger partial charge on any atom is 0.317 e. The van der Waals surface area contributed by atoms with E-state index in [-0.39, 0.29) is 6.03 Å². The van der Waals surface area contributed by atoms with Crippen molar-refractivity contribution in [1.29, 1.82) is 0 Å². The first-order valence-electron chi connectivity index (χ1n) is 7.46. The van der Waals surface area contributed by atoms with Gasteiger partial charge >= 0.3 is 6.03 Å². The van der Waals surface area contributed by atoms with Gasteiger partial charge in [0.15, 0.2) is 0 Å². The van der Waals surface area contributed by atoms with Crippen LogP contribution in [0, 0.1) is 5.92 Å². The van der Waals surface area contributed by atoms with E-state index in [1.807, 2.05) is 19.2 Å². The minimum Gasteiger partial charge on any atom is -0.384 e. The molecule has 2 amide bonds. The van der Waals surface area contributed by atoms with Crippen LogP contribution in [0.4, 0.5) is 10.5 Å². The number of pyridine rings is 1. The number of ether oxygens (including phenoxy) is 1. The molecule has 1 aromatic heterocycles. The van der Waals surface area contributed by atoms with Crippen molar-refractivity contribution in [3.05, 3.63) is 24.5 Å². The van der Waals surface area contributed by atoms with Crippen molar-refractivity contribution in [1.82, 2.24) is 15.2 Å². The summed E-state index contributed by atoms with van der Waals surface area (Å²) in [5, 5.41) is 6.20. The first kappa shape index (κ1) is 15.6. The van der Waals surface area contributed by atoms with Gasteiger partial charge in [0, 0.05) is 51.6 Å². The molecule has 1 aromatic rings. The molecule has 1 aliphatic rings. The van der Waals surface area contributed by atoms with Gasteiger partial charge in [0.05, 0.1) is 12.3 Å². The summed E-state index contributed by atoms with van der Waals surface area (Å²) in [6.45, 7) is 3.83. The number of nitrogens with zero attached hydrogens (tertiary/aromatic N) is 2. The number of nitrogens with one attached hydrogen (secondary N) is 2. The van der Waals surface area contributed by atoms with E-state index in [2.05, 4.69) is 15.6 Å². The third kappa shape index (κ3) is 5.59. The Hall–Kier alpha value is -1.82. The maximum atomic E-state index is 11.9. The second kappa shape index (κ2) is 8.46. The molecule has 0 spiro atoms. The molecule has 0 unspecified atom stereocenters. The van der Waals surface area contributed by atoms with Crippen LogP contribution >= 0.6 is 0 Å². The Morgan fingerprint density at radius 1 is 1.52 bits per heavy atom. The van der Waals surface area contributed by atoms with Crippen LogP contribution in [0.1, 0.15) is 12.8 Å². The molecule has 1 fully saturated rings. The zero-order chi connectivity index (χ0) is 14.9. The third-order valence-electron chi connectivity index (χ3n) is 3.52. The summed E-state index contributed by atoms with van der Waals surface area (Å²) >= 11 is 0. The lowest BCUT2D eigenvalue weighted by Crippen LogP contribution is -2.40. The van der Waals surface area contributed by atoms with Crippen molar-refractivity contribution in [2.75, 3.05) is 45.2 Å². The number of carbonyl (C=O) groups excluding carboxylic acids is 1. The Morgan fingerprint density at radius 2 is 2.43 bits per heavy atom. The SMILES string of the molecule is CN(C[C@@H]1CCOC1)C(=O)NCCCNc1cccnc1. The van der Waals surface area contributed by atoms with E-state index in [0.29, 0.717) is 12.5 Å². The number of amides is 2. The standard InChI is InChI=1S/C15H24N4O2/c1-19(11-13-5-9-21-12-13)15(20)18-8-3-7-17-14-4-2-6-16-10-14/h2,4,6,10,13,17H,3,5,7-9,11-12H2,1H3,(H,18,20)/t13-/m0/s1. The summed E-state index contributed by atoms with van der Waals surface area (Å²) in [6.07, 6.45) is 5.46. The van der Waals surface area contributed by atoms with Crippen LogP contribution in [0.15, 0.2) is 24.5 Å². The molecule has 21 heavy (non-hydrogen) atoms. The highest BCUT2D eigenvalue weighted by Gasteiger charge is 2.19. The van der Waals surface area contributed by atoms with E-state index in [4.69, 9.17) is 4.74 Å². The van der Waals surface area contributed by atoms with Gasteiger partial charge in [-0.05, 0) is 25.0 Å². The minimum absolute atomic E-state index is 0.0109. The first-order valence-corrected chi connectivity index (χ1v) is 7.46. The van der Waals surface area contributed by atoms with E-state index in [9.17, 15) is 4.79 Å². The lowest BCUT2D eigenvalue weighted by molar-refractivity contribution is 0.171. The summed E-state index contributed by atoms with van der Waals surface area (Å²) in [6, 6.07) is 3.86. The average Bonchev–Trinajstić information content (AvgIpc) is 3.00. The summed E-state index contributed by atoms with van der Waals surface area (Å²) < 4.78 is 5.32. The second-order valence-corrected chi connectivity index (χ2v) is 5.36. The summed E-state index contributed by atoms with van der Waals surface area (Å²) in [5.74, 6) is 0.480. The largest absolute Gasteiger partial charge is 0.384 e. The van der Waals surface area contributed by atoms with Gasteiger partial charge in [-0.25, -0.2) is 4.79 Å². The fourth-order valence-electron chi connectivity index (χ4n) is 2.32. The molecule has 1 saturated heterocycles. The third-order valence-corrected chi connectivity index (χ3v) is 3.52. The fourth-order valence-corrected chi connectivity index (χ4v) is 2.32. The Bertz CT molecular complexity index is 421. The molecular weight excluding hydrogens is 268 g/mol. The van der Waals surface area contributed by atoms with Gasteiger partial charge in [-0.2, -0.15) is 0 Å². The number of rotatable bonds is 7. The predicted octanol–water partition coefficient (Wildman–Crippen LogP) is 1.56. The van der Waals surface area contributed by atoms with E-state index in [1.54, 1.807) is 17.3 Å². The molecule has 0 bridgehead atoms. The zero-order valence-electron chi connectivity index (χ0n) is 12.5. The van der Waals surface area contributed by atoms with Gasteiger partial charge < -0.3 is 20.3 Å². The topological polar surface area (TPSA) is 66.5 Å². The number of urea groups is 1. The number of hydrogen-bond acceptors (Lipinski definition) is 4. The Labute approximate surface area is 125 Å². The highest BCUT2D eigenvalue weighted by atomic mass is 16.5. The molecule has 2 rings (SSSR count). The Balaban J connectivity index is 1.54. The molecular formula is C15H24N4O2. The number of anilines is 1. The van der Waals surface area contributed by atoms with Crippen LogP contribution in [0.5, 0.6) is 0 Å². The zero-order valence-corrected chi connectivity index (χ0v) is 12.5. The van der Waals surface area contributed by atoms with Crippen molar-refractivity contribution >= 4 is 11.7 Å². The van der Waals surface area contributed by atoms with Gasteiger partial charge in [-0.1, -0.05) is 0 Å². The predicted molar refractivity (Wildman–Crippen MR) is 82.3 cm³/mol. The maximum absolute atomic E-state index is 11.9. The molecule has 0 saturated carbocycles. The minimum atomic E-state index is -0.0109. The fraction of sp³-hybridized carbons (Fsp3) is 0.600. The van der Waals surface area contributed by atoms with Crippen molar-refractivity contribution in [2.24, 2.45) is 5.92 Å². The van der Waals surface area contributed by atoms with Gasteiger partial charge in [-0.3, -0.25) is 4.98 Å². The summed E-state index contributed by atoms with van der Waals surface area (Å²) in [4.78, 5) is 17.7. The number of hydrogen-bond donors (Lipinski definition) is 2. The Kier molecular flexibility index (Phi) is 6.27. The van der Waals surface area contributed by atoms with E-state index < -0.39 is 0 Å². The molecule has 6 heteroatoms. The molecule has 6 nitrogen and oxygen atoms in total. The molecule has 0 aliphatic carbocycles. The molecule has 2 heterocycles. The number of aromatic nitrogens is 1. The van der Waals surface area contributed by atoms with Crippen molar-refractivity contribution in [3.63, 3.8) is 0 Å². The van der Waals surface area contributed by atoms with Gasteiger partial charge in [0.1, 0.15) is 0 Å². The van der Waals surface area contributed by atoms with E-state index in [0.717, 1.165) is 44.8 Å². The smallest absolute Gasteiger partial charge is 0.317 e. The van der Waals surface area contributed by atoms with E-state index in [1.165, 1.54) is 0 Å². The van der Waals surface area contributed by atoms with Crippen molar-refractivity contribution in [2.45, 2.75) is 12.8 Å². The first-order chi connectivity index (χ1) is 10.3. The van der Waals surface area contributed by atoms with Crippen LogP contribution < -0.4 is 10.6 Å². The average molecular weight is 292 g/mol. The Morgan fingerprint density at radius 3 is 3.14 bits per heavy atom. The quantitative estimate of drug-likeness (QED) is 0.749. The molecule has 0 radical (unpaired) electrons. The van der Waals surface area contributed by atoms with Crippen LogP contribution in [0.3, 0.4) is 0 Å². The highest BCUT2D eigenvalue weighted by Crippen LogP contribution is 2.13. The molecule has 1 atom stereocenters. The molecule has 2 N–H and O–H groups in total. The van der Waals surface area contributed by atoms with Crippen LogP contribution in [-0.4, -0.2) is 55.8 Å². The van der Waals surface area contributed by atoms with Crippen LogP contribution in [-0.2, 0) is 4.74 Å². The van der Waals surface area contributed by atoms with Crippen LogP contribution in [0.25, 0.3) is 0 Å². The number of carbonyl (C=O) groups is 1. The lowest BCUT2D eigenvalue weighted by Gasteiger charge is -2.20. The van der Waals surface area contributed by atoms with Gasteiger partial charge in [-0.15, -0.1) is 0 Å². The van der Waals surface area contributed by atoms with Gasteiger partial charge in [0.2, 0.25) is 0 Å². The normalized spacial score (nSPS) is 17.5.